The van der Waals surface area contributed by atoms with Crippen LogP contribution in [-0.4, -0.2) is 16.1 Å². The number of nitrogens with one attached hydrogen (secondary N) is 1. The van der Waals surface area contributed by atoms with Crippen molar-refractivity contribution in [3.63, 3.8) is 0 Å². The summed E-state index contributed by atoms with van der Waals surface area (Å²) >= 11 is 7.19. The summed E-state index contributed by atoms with van der Waals surface area (Å²) in [6, 6.07) is 12.5. The molecule has 3 aromatic rings. The zero-order valence-electron chi connectivity index (χ0n) is 15.3. The lowest BCUT2D eigenvalue weighted by atomic mass is 10.1. The molecule has 8 heteroatoms. The topological polar surface area (TPSA) is 91.8 Å². The zero-order valence-corrected chi connectivity index (χ0v) is 16.8. The van der Waals surface area contributed by atoms with Crippen molar-refractivity contribution >= 4 is 40.1 Å². The molecule has 2 aromatic heterocycles. The van der Waals surface area contributed by atoms with Crippen molar-refractivity contribution in [3.8, 4) is 17.4 Å². The van der Waals surface area contributed by atoms with Crippen molar-refractivity contribution in [3.05, 3.63) is 57.8 Å². The number of benzene rings is 1. The highest BCUT2D eigenvalue weighted by atomic mass is 35.5. The maximum Gasteiger partial charge on any atom is 0.268 e. The van der Waals surface area contributed by atoms with Crippen LogP contribution in [0.25, 0.3) is 17.4 Å². The van der Waals surface area contributed by atoms with Crippen molar-refractivity contribution in [2.24, 2.45) is 5.92 Å². The fourth-order valence-corrected chi connectivity index (χ4v) is 3.46. The summed E-state index contributed by atoms with van der Waals surface area (Å²) in [5, 5.41) is 21.8. The van der Waals surface area contributed by atoms with Crippen LogP contribution in [-0.2, 0) is 11.2 Å². The van der Waals surface area contributed by atoms with Crippen molar-refractivity contribution < 1.29 is 9.21 Å². The number of anilines is 1. The third kappa shape index (κ3) is 5.06. The fourth-order valence-electron chi connectivity index (χ4n) is 2.39. The van der Waals surface area contributed by atoms with Crippen LogP contribution < -0.4 is 5.32 Å². The van der Waals surface area contributed by atoms with E-state index in [1.54, 1.807) is 24.3 Å². The summed E-state index contributed by atoms with van der Waals surface area (Å²) < 4.78 is 5.71. The van der Waals surface area contributed by atoms with Gasteiger partial charge in [0.1, 0.15) is 28.2 Å². The standard InChI is InChI=1S/C20H17ClN4O2S/c1-12(2)9-18-24-25-20(28-18)23-19(26)14(11-22)10-16-7-8-17(27-16)13-3-5-15(21)6-4-13/h3-8,10,12H,9H2,1-2H3,(H,23,25,26)/b14-10-. The van der Waals surface area contributed by atoms with Crippen molar-refractivity contribution in [2.75, 3.05) is 5.32 Å². The number of hydrogen-bond acceptors (Lipinski definition) is 6. The van der Waals surface area contributed by atoms with Crippen LogP contribution in [0.1, 0.15) is 24.6 Å². The van der Waals surface area contributed by atoms with Gasteiger partial charge in [-0.2, -0.15) is 5.26 Å². The summed E-state index contributed by atoms with van der Waals surface area (Å²) in [6.45, 7) is 4.16. The Kier molecular flexibility index (Phi) is 6.24. The van der Waals surface area contributed by atoms with Gasteiger partial charge in [0, 0.05) is 23.1 Å². The maximum atomic E-state index is 12.4. The van der Waals surface area contributed by atoms with Gasteiger partial charge in [0.25, 0.3) is 5.91 Å². The lowest BCUT2D eigenvalue weighted by Gasteiger charge is -1.99. The van der Waals surface area contributed by atoms with Gasteiger partial charge in [-0.15, -0.1) is 10.2 Å². The Morgan fingerprint density at radius 2 is 2.04 bits per heavy atom. The Morgan fingerprint density at radius 1 is 1.29 bits per heavy atom. The third-order valence-corrected chi connectivity index (χ3v) is 4.79. The van der Waals surface area contributed by atoms with E-state index in [-0.39, 0.29) is 5.57 Å². The van der Waals surface area contributed by atoms with Gasteiger partial charge >= 0.3 is 0 Å². The van der Waals surface area contributed by atoms with Gasteiger partial charge < -0.3 is 4.42 Å². The second-order valence-electron chi connectivity index (χ2n) is 6.43. The molecule has 0 saturated heterocycles. The van der Waals surface area contributed by atoms with Crippen molar-refractivity contribution in [1.82, 2.24) is 10.2 Å². The van der Waals surface area contributed by atoms with Crippen LogP contribution in [0.5, 0.6) is 0 Å². The molecule has 0 spiro atoms. The van der Waals surface area contributed by atoms with E-state index in [0.717, 1.165) is 17.0 Å². The lowest BCUT2D eigenvalue weighted by Crippen LogP contribution is -2.13. The number of amides is 1. The number of furan rings is 1. The number of rotatable bonds is 6. The Hall–Kier alpha value is -2.95. The molecule has 3 rings (SSSR count). The molecule has 0 atom stereocenters. The first-order chi connectivity index (χ1) is 13.4. The van der Waals surface area contributed by atoms with Gasteiger partial charge in [-0.3, -0.25) is 10.1 Å². The lowest BCUT2D eigenvalue weighted by molar-refractivity contribution is -0.112. The predicted octanol–water partition coefficient (Wildman–Crippen LogP) is 5.20. The summed E-state index contributed by atoms with van der Waals surface area (Å²) in [7, 11) is 0. The SMILES string of the molecule is CC(C)Cc1nnc(NC(=O)/C(C#N)=C\c2ccc(-c3ccc(Cl)cc3)o2)s1. The second-order valence-corrected chi connectivity index (χ2v) is 7.93. The zero-order chi connectivity index (χ0) is 20.1. The van der Waals surface area contributed by atoms with Crippen LogP contribution >= 0.6 is 22.9 Å². The number of nitrogens with zero attached hydrogens (tertiary/aromatic N) is 3. The minimum atomic E-state index is -0.556. The highest BCUT2D eigenvalue weighted by Gasteiger charge is 2.14. The molecule has 0 aliphatic rings. The molecule has 1 amide bonds. The van der Waals surface area contributed by atoms with Gasteiger partial charge in [-0.05, 0) is 42.3 Å². The molecule has 0 radical (unpaired) electrons. The Morgan fingerprint density at radius 3 is 2.71 bits per heavy atom. The van der Waals surface area contributed by atoms with E-state index in [0.29, 0.717) is 27.6 Å². The van der Waals surface area contributed by atoms with E-state index in [1.165, 1.54) is 17.4 Å². The highest BCUT2D eigenvalue weighted by molar-refractivity contribution is 7.15. The predicted molar refractivity (Wildman–Crippen MR) is 110 cm³/mol. The molecule has 1 N–H and O–H groups in total. The quantitative estimate of drug-likeness (QED) is 0.444. The Bertz CT molecular complexity index is 1040. The number of halogens is 1. The molecule has 0 fully saturated rings. The number of hydrogen-bond donors (Lipinski definition) is 1. The molecule has 1 aromatic carbocycles. The molecule has 0 saturated carbocycles. The Balaban J connectivity index is 1.73. The molecule has 0 aliphatic heterocycles. The van der Waals surface area contributed by atoms with E-state index in [4.69, 9.17) is 16.0 Å². The number of nitriles is 1. The monoisotopic (exact) mass is 412 g/mol. The van der Waals surface area contributed by atoms with Gasteiger partial charge in [0.15, 0.2) is 0 Å². The summed E-state index contributed by atoms with van der Waals surface area (Å²) in [6.07, 6.45) is 2.18. The average molecular weight is 413 g/mol. The molecule has 142 valence electrons. The molecule has 28 heavy (non-hydrogen) atoms. The van der Waals surface area contributed by atoms with Gasteiger partial charge in [-0.25, -0.2) is 0 Å². The van der Waals surface area contributed by atoms with E-state index in [9.17, 15) is 10.1 Å². The summed E-state index contributed by atoms with van der Waals surface area (Å²) in [5.41, 5.74) is 0.760. The minimum Gasteiger partial charge on any atom is -0.457 e. The molecule has 0 aliphatic carbocycles. The van der Waals surface area contributed by atoms with Crippen molar-refractivity contribution in [1.29, 1.82) is 5.26 Å². The normalized spacial score (nSPS) is 11.5. The first-order valence-corrected chi connectivity index (χ1v) is 9.75. The average Bonchev–Trinajstić information content (AvgIpc) is 3.29. The van der Waals surface area contributed by atoms with Crippen LogP contribution in [0.15, 0.2) is 46.4 Å². The maximum absolute atomic E-state index is 12.4. The number of aromatic nitrogens is 2. The molecular formula is C20H17ClN4O2S. The first-order valence-electron chi connectivity index (χ1n) is 8.56. The number of carbonyl (C=O) groups excluding carboxylic acids is 1. The molecule has 6 nitrogen and oxygen atoms in total. The van der Waals surface area contributed by atoms with Crippen LogP contribution in [0.4, 0.5) is 5.13 Å². The second kappa shape index (κ2) is 8.83. The van der Waals surface area contributed by atoms with Gasteiger partial charge in [-0.1, -0.05) is 36.8 Å². The van der Waals surface area contributed by atoms with Gasteiger partial charge in [0.2, 0.25) is 5.13 Å². The highest BCUT2D eigenvalue weighted by Crippen LogP contribution is 2.25. The fraction of sp³-hybridized carbons (Fsp3) is 0.200. The molecule has 2 heterocycles. The number of carbonyl (C=O) groups is 1. The van der Waals surface area contributed by atoms with E-state index in [2.05, 4.69) is 29.4 Å². The minimum absolute atomic E-state index is 0.0855. The molecule has 0 unspecified atom stereocenters. The van der Waals surface area contributed by atoms with Crippen LogP contribution in [0.3, 0.4) is 0 Å². The van der Waals surface area contributed by atoms with Gasteiger partial charge in [0.05, 0.1) is 0 Å². The van der Waals surface area contributed by atoms with E-state index in [1.807, 2.05) is 18.2 Å². The summed E-state index contributed by atoms with van der Waals surface area (Å²) in [5.74, 6) is 0.900. The van der Waals surface area contributed by atoms with Crippen LogP contribution in [0, 0.1) is 17.2 Å². The van der Waals surface area contributed by atoms with E-state index < -0.39 is 5.91 Å². The molecular weight excluding hydrogens is 396 g/mol. The Labute approximate surface area is 171 Å². The van der Waals surface area contributed by atoms with Crippen molar-refractivity contribution in [2.45, 2.75) is 20.3 Å². The largest absolute Gasteiger partial charge is 0.457 e. The summed E-state index contributed by atoms with van der Waals surface area (Å²) in [4.78, 5) is 12.4. The van der Waals surface area contributed by atoms with Crippen LogP contribution in [0.2, 0.25) is 5.02 Å². The van der Waals surface area contributed by atoms with E-state index >= 15 is 0 Å². The molecule has 0 bridgehead atoms. The smallest absolute Gasteiger partial charge is 0.268 e. The third-order valence-electron chi connectivity index (χ3n) is 3.68. The first kappa shape index (κ1) is 19.8.